The Hall–Kier alpha value is -0.710. The van der Waals surface area contributed by atoms with Gasteiger partial charge in [0, 0.05) is 56.0 Å². The fourth-order valence-corrected chi connectivity index (χ4v) is 5.10. The van der Waals surface area contributed by atoms with Crippen LogP contribution in [0.4, 0.5) is 0 Å². The Morgan fingerprint density at radius 2 is 2.03 bits per heavy atom. The third-order valence-corrected chi connectivity index (χ3v) is 6.82. The average Bonchev–Trinajstić information content (AvgIpc) is 3.35. The van der Waals surface area contributed by atoms with Gasteiger partial charge in [0.2, 0.25) is 0 Å². The van der Waals surface area contributed by atoms with Crippen LogP contribution in [-0.4, -0.2) is 48.1 Å². The van der Waals surface area contributed by atoms with E-state index in [0.29, 0.717) is 6.04 Å². The van der Waals surface area contributed by atoms with Crippen LogP contribution in [0.25, 0.3) is 0 Å². The second kappa shape index (κ2) is 12.4. The lowest BCUT2D eigenvalue weighted by molar-refractivity contribution is 0.198. The van der Waals surface area contributed by atoms with Gasteiger partial charge >= 0.3 is 0 Å². The van der Waals surface area contributed by atoms with Crippen LogP contribution in [0.5, 0.6) is 0 Å². The largest absolute Gasteiger partial charge is 0.357 e. The number of guanidine groups is 1. The zero-order valence-electron chi connectivity index (χ0n) is 18.6. The van der Waals surface area contributed by atoms with Crippen LogP contribution < -0.4 is 10.6 Å². The SMILES string of the molecule is CCNC(=NCCc1nc(C(C)(C)C)cs1)NC1CCN(Cc2ccsc2)CC1.I. The van der Waals surface area contributed by atoms with E-state index in [1.54, 1.807) is 22.7 Å². The molecule has 168 valence electrons. The molecular formula is C22H36IN5S2. The van der Waals surface area contributed by atoms with E-state index in [1.807, 2.05) is 0 Å². The standard InChI is InChI=1S/C22H35N5S2.HI/c1-5-23-21(24-10-6-20-26-19(16-29-20)22(2,3)4)25-18-7-11-27(12-8-18)14-17-9-13-28-15-17;/h9,13,15-16,18H,5-8,10-12,14H2,1-4H3,(H2,23,24,25);1H. The monoisotopic (exact) mass is 561 g/mol. The minimum atomic E-state index is 0. The molecule has 0 aliphatic carbocycles. The molecule has 1 saturated heterocycles. The Labute approximate surface area is 206 Å². The molecule has 2 aromatic rings. The first kappa shape index (κ1) is 25.5. The topological polar surface area (TPSA) is 52.6 Å². The van der Waals surface area contributed by atoms with E-state index in [4.69, 9.17) is 9.98 Å². The zero-order valence-corrected chi connectivity index (χ0v) is 22.6. The summed E-state index contributed by atoms with van der Waals surface area (Å²) in [4.78, 5) is 12.1. The summed E-state index contributed by atoms with van der Waals surface area (Å²) in [7, 11) is 0. The molecule has 0 unspecified atom stereocenters. The van der Waals surface area contributed by atoms with E-state index in [2.05, 4.69) is 65.4 Å². The number of rotatable bonds is 7. The minimum absolute atomic E-state index is 0. The highest BCUT2D eigenvalue weighted by Crippen LogP contribution is 2.24. The molecule has 1 aliphatic heterocycles. The number of thiazole rings is 1. The number of likely N-dealkylation sites (tertiary alicyclic amines) is 1. The van der Waals surface area contributed by atoms with Crippen molar-refractivity contribution in [1.29, 1.82) is 0 Å². The van der Waals surface area contributed by atoms with Crippen LogP contribution in [0.15, 0.2) is 27.2 Å². The molecule has 1 fully saturated rings. The van der Waals surface area contributed by atoms with Crippen molar-refractivity contribution in [3.05, 3.63) is 38.5 Å². The van der Waals surface area contributed by atoms with Crippen molar-refractivity contribution in [2.45, 2.75) is 65.0 Å². The van der Waals surface area contributed by atoms with Gasteiger partial charge in [-0.2, -0.15) is 11.3 Å². The van der Waals surface area contributed by atoms with Crippen LogP contribution in [0, 0.1) is 0 Å². The Morgan fingerprint density at radius 3 is 2.63 bits per heavy atom. The zero-order chi connectivity index (χ0) is 20.7. The highest BCUT2D eigenvalue weighted by molar-refractivity contribution is 14.0. The molecule has 5 nitrogen and oxygen atoms in total. The van der Waals surface area contributed by atoms with E-state index in [-0.39, 0.29) is 29.4 Å². The van der Waals surface area contributed by atoms with Gasteiger partial charge in [-0.25, -0.2) is 4.98 Å². The second-order valence-electron chi connectivity index (χ2n) is 8.71. The third kappa shape index (κ3) is 8.09. The molecule has 2 N–H and O–H groups in total. The predicted molar refractivity (Wildman–Crippen MR) is 142 cm³/mol. The van der Waals surface area contributed by atoms with Gasteiger partial charge in [-0.15, -0.1) is 35.3 Å². The number of aliphatic imine (C=N–C) groups is 1. The fourth-order valence-electron chi connectivity index (χ4n) is 3.42. The molecule has 30 heavy (non-hydrogen) atoms. The van der Waals surface area contributed by atoms with E-state index in [0.717, 1.165) is 57.9 Å². The Morgan fingerprint density at radius 1 is 1.27 bits per heavy atom. The summed E-state index contributed by atoms with van der Waals surface area (Å²) in [6.45, 7) is 13.8. The first-order valence-corrected chi connectivity index (χ1v) is 12.5. The maximum absolute atomic E-state index is 4.80. The quantitative estimate of drug-likeness (QED) is 0.288. The maximum Gasteiger partial charge on any atom is 0.191 e. The molecule has 0 amide bonds. The molecule has 3 heterocycles. The maximum atomic E-state index is 4.80. The highest BCUT2D eigenvalue weighted by atomic mass is 127. The summed E-state index contributed by atoms with van der Waals surface area (Å²) in [6.07, 6.45) is 3.22. The number of hydrogen-bond acceptors (Lipinski definition) is 5. The average molecular weight is 562 g/mol. The molecule has 0 spiro atoms. The van der Waals surface area contributed by atoms with Crippen LogP contribution >= 0.6 is 46.7 Å². The van der Waals surface area contributed by atoms with Crippen LogP contribution in [0.3, 0.4) is 0 Å². The number of piperidine rings is 1. The van der Waals surface area contributed by atoms with Gasteiger partial charge in [-0.1, -0.05) is 20.8 Å². The predicted octanol–water partition coefficient (Wildman–Crippen LogP) is 4.88. The van der Waals surface area contributed by atoms with Gasteiger partial charge in [0.25, 0.3) is 0 Å². The van der Waals surface area contributed by atoms with E-state index >= 15 is 0 Å². The van der Waals surface area contributed by atoms with E-state index in [1.165, 1.54) is 16.3 Å². The van der Waals surface area contributed by atoms with Gasteiger partial charge in [-0.3, -0.25) is 9.89 Å². The number of nitrogens with zero attached hydrogens (tertiary/aromatic N) is 3. The highest BCUT2D eigenvalue weighted by Gasteiger charge is 2.20. The lowest BCUT2D eigenvalue weighted by Gasteiger charge is -2.33. The molecule has 2 aromatic heterocycles. The fraction of sp³-hybridized carbons (Fsp3) is 0.636. The minimum Gasteiger partial charge on any atom is -0.357 e. The summed E-state index contributed by atoms with van der Waals surface area (Å²) < 4.78 is 0. The summed E-state index contributed by atoms with van der Waals surface area (Å²) in [6, 6.07) is 2.73. The first-order valence-electron chi connectivity index (χ1n) is 10.7. The van der Waals surface area contributed by atoms with Crippen molar-refractivity contribution < 1.29 is 0 Å². The molecule has 0 aromatic carbocycles. The normalized spacial score (nSPS) is 16.3. The number of nitrogens with one attached hydrogen (secondary N) is 2. The molecule has 0 saturated carbocycles. The van der Waals surface area contributed by atoms with Crippen LogP contribution in [-0.2, 0) is 18.4 Å². The van der Waals surface area contributed by atoms with Crippen molar-refractivity contribution in [1.82, 2.24) is 20.5 Å². The van der Waals surface area contributed by atoms with Gasteiger partial charge < -0.3 is 10.6 Å². The van der Waals surface area contributed by atoms with Crippen molar-refractivity contribution in [2.75, 3.05) is 26.2 Å². The summed E-state index contributed by atoms with van der Waals surface area (Å²) in [5.41, 5.74) is 2.74. The first-order chi connectivity index (χ1) is 13.9. The van der Waals surface area contributed by atoms with Crippen molar-refractivity contribution in [2.24, 2.45) is 4.99 Å². The lowest BCUT2D eigenvalue weighted by Crippen LogP contribution is -2.48. The molecule has 0 atom stereocenters. The molecule has 1 aliphatic rings. The third-order valence-electron chi connectivity index (χ3n) is 5.17. The molecule has 0 radical (unpaired) electrons. The van der Waals surface area contributed by atoms with Crippen LogP contribution in [0.2, 0.25) is 0 Å². The lowest BCUT2D eigenvalue weighted by atomic mass is 9.93. The number of aromatic nitrogens is 1. The van der Waals surface area contributed by atoms with Crippen molar-refractivity contribution in [3.63, 3.8) is 0 Å². The molecule has 8 heteroatoms. The summed E-state index contributed by atoms with van der Waals surface area (Å²) in [5, 5.41) is 14.8. The number of hydrogen-bond donors (Lipinski definition) is 2. The Bertz CT molecular complexity index is 759. The summed E-state index contributed by atoms with van der Waals surface area (Å²) >= 11 is 3.54. The second-order valence-corrected chi connectivity index (χ2v) is 10.4. The molecule has 0 bridgehead atoms. The van der Waals surface area contributed by atoms with Gasteiger partial charge in [0.05, 0.1) is 10.7 Å². The van der Waals surface area contributed by atoms with Crippen molar-refractivity contribution >= 4 is 52.6 Å². The van der Waals surface area contributed by atoms with Gasteiger partial charge in [0.15, 0.2) is 5.96 Å². The smallest absolute Gasteiger partial charge is 0.191 e. The number of thiophene rings is 1. The summed E-state index contributed by atoms with van der Waals surface area (Å²) in [5.74, 6) is 0.941. The molecular weight excluding hydrogens is 525 g/mol. The van der Waals surface area contributed by atoms with Gasteiger partial charge in [-0.05, 0) is 42.2 Å². The Balaban J connectivity index is 0.00000320. The Kier molecular flexibility index (Phi) is 10.5. The van der Waals surface area contributed by atoms with E-state index in [9.17, 15) is 0 Å². The van der Waals surface area contributed by atoms with Crippen LogP contribution in [0.1, 0.15) is 56.8 Å². The van der Waals surface area contributed by atoms with Crippen molar-refractivity contribution in [3.8, 4) is 0 Å². The molecule has 3 rings (SSSR count). The van der Waals surface area contributed by atoms with E-state index < -0.39 is 0 Å². The van der Waals surface area contributed by atoms with Gasteiger partial charge in [0.1, 0.15) is 0 Å². The number of halogens is 1.